The fraction of sp³-hybridized carbons (Fsp3) is 0.212. The second kappa shape index (κ2) is 14.2. The summed E-state index contributed by atoms with van der Waals surface area (Å²) in [6, 6.07) is 34.0. The molecule has 0 fully saturated rings. The molecule has 0 heterocycles. The Kier molecular flexibility index (Phi) is 10.1. The number of rotatable bonds is 12. The largest absolute Gasteiger partial charge is 0.497 e. The summed E-state index contributed by atoms with van der Waals surface area (Å²) in [6.45, 7) is 0.576. The molecule has 0 unspecified atom stereocenters. The number of nitrogens with zero attached hydrogens (tertiary/aromatic N) is 1. The van der Waals surface area contributed by atoms with Crippen molar-refractivity contribution in [3.05, 3.63) is 136 Å². The van der Waals surface area contributed by atoms with Gasteiger partial charge in [-0.1, -0.05) is 103 Å². The first-order chi connectivity index (χ1) is 19.0. The maximum atomic E-state index is 13.8. The zero-order valence-corrected chi connectivity index (χ0v) is 22.8. The number of carbonyl (C=O) groups excluding carboxylic acids is 2. The van der Waals surface area contributed by atoms with Crippen LogP contribution in [0.25, 0.3) is 0 Å². The molecule has 4 aromatic rings. The zero-order valence-electron chi connectivity index (χ0n) is 22.1. The van der Waals surface area contributed by atoms with E-state index in [4.69, 9.17) is 16.3 Å². The zero-order chi connectivity index (χ0) is 27.5. The Hall–Kier alpha value is -4.09. The Balaban J connectivity index is 1.61. The van der Waals surface area contributed by atoms with Crippen LogP contribution in [0.5, 0.6) is 5.75 Å². The molecule has 6 heteroatoms. The fourth-order valence-electron chi connectivity index (χ4n) is 4.46. The van der Waals surface area contributed by atoms with E-state index in [1.807, 2.05) is 103 Å². The minimum absolute atomic E-state index is 0.0801. The van der Waals surface area contributed by atoms with E-state index in [2.05, 4.69) is 5.32 Å². The monoisotopic (exact) mass is 540 g/mol. The predicted molar refractivity (Wildman–Crippen MR) is 156 cm³/mol. The minimum atomic E-state index is -0.708. The molecule has 4 aromatic carbocycles. The number of aryl methyl sites for hydroxylation is 1. The maximum Gasteiger partial charge on any atom is 0.243 e. The van der Waals surface area contributed by atoms with Gasteiger partial charge in [0.2, 0.25) is 11.8 Å². The highest BCUT2D eigenvalue weighted by Crippen LogP contribution is 2.20. The number of methoxy groups -OCH3 is 1. The smallest absolute Gasteiger partial charge is 0.243 e. The van der Waals surface area contributed by atoms with Crippen molar-refractivity contribution in [2.75, 3.05) is 7.11 Å². The van der Waals surface area contributed by atoms with E-state index in [9.17, 15) is 9.59 Å². The lowest BCUT2D eigenvalue weighted by Gasteiger charge is -2.32. The summed E-state index contributed by atoms with van der Waals surface area (Å²) >= 11 is 6.34. The molecule has 0 saturated carbocycles. The van der Waals surface area contributed by atoms with Gasteiger partial charge < -0.3 is 15.0 Å². The third-order valence-corrected chi connectivity index (χ3v) is 7.03. The number of hydrogen-bond acceptors (Lipinski definition) is 3. The van der Waals surface area contributed by atoms with Crippen molar-refractivity contribution in [2.24, 2.45) is 0 Å². The van der Waals surface area contributed by atoms with Crippen LogP contribution in [0.1, 0.15) is 28.7 Å². The van der Waals surface area contributed by atoms with Gasteiger partial charge in [0.25, 0.3) is 0 Å². The Morgan fingerprint density at radius 3 is 2.05 bits per heavy atom. The van der Waals surface area contributed by atoms with Gasteiger partial charge in [-0.2, -0.15) is 0 Å². The first kappa shape index (κ1) is 27.9. The molecule has 200 valence electrons. The van der Waals surface area contributed by atoms with E-state index in [0.29, 0.717) is 30.8 Å². The topological polar surface area (TPSA) is 58.6 Å². The molecular formula is C33H33ClN2O3. The first-order valence-corrected chi connectivity index (χ1v) is 13.4. The van der Waals surface area contributed by atoms with Gasteiger partial charge in [0.1, 0.15) is 11.8 Å². The van der Waals surface area contributed by atoms with Gasteiger partial charge in [0.15, 0.2) is 0 Å². The Labute approximate surface area is 235 Å². The second-order valence-electron chi connectivity index (χ2n) is 9.37. The van der Waals surface area contributed by atoms with Crippen LogP contribution in [0.4, 0.5) is 0 Å². The highest BCUT2D eigenvalue weighted by Gasteiger charge is 2.30. The normalized spacial score (nSPS) is 11.4. The highest BCUT2D eigenvalue weighted by molar-refractivity contribution is 6.31. The number of benzene rings is 4. The molecule has 1 atom stereocenters. The van der Waals surface area contributed by atoms with E-state index in [0.717, 1.165) is 28.0 Å². The van der Waals surface area contributed by atoms with Crippen LogP contribution in [0.2, 0.25) is 5.02 Å². The van der Waals surface area contributed by atoms with Crippen molar-refractivity contribution in [1.29, 1.82) is 0 Å². The van der Waals surface area contributed by atoms with Crippen LogP contribution < -0.4 is 10.1 Å². The second-order valence-corrected chi connectivity index (χ2v) is 9.78. The van der Waals surface area contributed by atoms with Crippen LogP contribution in [-0.4, -0.2) is 29.9 Å². The van der Waals surface area contributed by atoms with Crippen molar-refractivity contribution in [3.8, 4) is 5.75 Å². The van der Waals surface area contributed by atoms with E-state index in [1.54, 1.807) is 18.1 Å². The first-order valence-electron chi connectivity index (χ1n) is 13.0. The fourth-order valence-corrected chi connectivity index (χ4v) is 4.67. The lowest BCUT2D eigenvalue weighted by molar-refractivity contribution is -0.141. The number of amides is 2. The summed E-state index contributed by atoms with van der Waals surface area (Å²) in [6.07, 6.45) is 1.28. The summed E-state index contributed by atoms with van der Waals surface area (Å²) in [5.41, 5.74) is 3.80. The molecule has 0 aliphatic heterocycles. The molecule has 39 heavy (non-hydrogen) atoms. The van der Waals surface area contributed by atoms with Crippen LogP contribution >= 0.6 is 11.6 Å². The third-order valence-electron chi connectivity index (χ3n) is 6.66. The molecule has 4 rings (SSSR count). The average molecular weight is 541 g/mol. The highest BCUT2D eigenvalue weighted by atomic mass is 35.5. The van der Waals surface area contributed by atoms with Crippen molar-refractivity contribution < 1.29 is 14.3 Å². The Bertz CT molecular complexity index is 1340. The van der Waals surface area contributed by atoms with Gasteiger partial charge in [0, 0.05) is 31.0 Å². The molecule has 0 saturated heterocycles. The summed E-state index contributed by atoms with van der Waals surface area (Å²) in [5.74, 6) is 0.433. The van der Waals surface area contributed by atoms with Gasteiger partial charge in [-0.3, -0.25) is 9.59 Å². The average Bonchev–Trinajstić information content (AvgIpc) is 2.98. The standard InChI is InChI=1S/C33H33ClN2O3/c1-39-29-19-16-27(17-20-29)24-36(32(37)21-18-25-10-4-2-5-11-25)31(22-26-12-6-3-7-13-26)33(38)35-23-28-14-8-9-15-30(28)34/h2-17,19-20,31H,18,21-24H2,1H3,(H,35,38)/t31-/m1/s1. The molecule has 0 spiro atoms. The van der Waals surface area contributed by atoms with Crippen LogP contribution in [0.15, 0.2) is 109 Å². The molecule has 0 aromatic heterocycles. The lowest BCUT2D eigenvalue weighted by atomic mass is 10.0. The molecule has 2 amide bonds. The van der Waals surface area contributed by atoms with Gasteiger partial charge in [-0.05, 0) is 46.9 Å². The van der Waals surface area contributed by atoms with Gasteiger partial charge in [-0.25, -0.2) is 0 Å². The van der Waals surface area contributed by atoms with E-state index in [-0.39, 0.29) is 18.4 Å². The van der Waals surface area contributed by atoms with E-state index in [1.165, 1.54) is 0 Å². The predicted octanol–water partition coefficient (Wildman–Crippen LogP) is 6.24. The van der Waals surface area contributed by atoms with Crippen molar-refractivity contribution in [2.45, 2.75) is 38.4 Å². The third kappa shape index (κ3) is 8.20. The lowest BCUT2D eigenvalue weighted by Crippen LogP contribution is -2.50. The Morgan fingerprint density at radius 2 is 1.41 bits per heavy atom. The number of nitrogens with one attached hydrogen (secondary N) is 1. The summed E-state index contributed by atoms with van der Waals surface area (Å²) in [7, 11) is 1.62. The van der Waals surface area contributed by atoms with Gasteiger partial charge in [0.05, 0.1) is 7.11 Å². The van der Waals surface area contributed by atoms with Gasteiger partial charge >= 0.3 is 0 Å². The summed E-state index contributed by atoms with van der Waals surface area (Å²) < 4.78 is 5.30. The van der Waals surface area contributed by atoms with Crippen LogP contribution in [0.3, 0.4) is 0 Å². The number of halogens is 1. The molecule has 5 nitrogen and oxygen atoms in total. The van der Waals surface area contributed by atoms with Crippen molar-refractivity contribution in [1.82, 2.24) is 10.2 Å². The molecule has 0 aliphatic carbocycles. The molecule has 0 bridgehead atoms. The molecular weight excluding hydrogens is 508 g/mol. The van der Waals surface area contributed by atoms with Crippen LogP contribution in [0, 0.1) is 0 Å². The van der Waals surface area contributed by atoms with Gasteiger partial charge in [-0.15, -0.1) is 0 Å². The minimum Gasteiger partial charge on any atom is -0.497 e. The molecule has 1 N–H and O–H groups in total. The van der Waals surface area contributed by atoms with Crippen molar-refractivity contribution in [3.63, 3.8) is 0 Å². The molecule has 0 aliphatic rings. The van der Waals surface area contributed by atoms with E-state index >= 15 is 0 Å². The SMILES string of the molecule is COc1ccc(CN(C(=O)CCc2ccccc2)[C@H](Cc2ccccc2)C(=O)NCc2ccccc2Cl)cc1. The number of ether oxygens (including phenoxy) is 1. The van der Waals surface area contributed by atoms with Crippen molar-refractivity contribution >= 4 is 23.4 Å². The number of carbonyl (C=O) groups is 2. The summed E-state index contributed by atoms with van der Waals surface area (Å²) in [4.78, 5) is 29.3. The molecule has 0 radical (unpaired) electrons. The van der Waals surface area contributed by atoms with E-state index < -0.39 is 6.04 Å². The summed E-state index contributed by atoms with van der Waals surface area (Å²) in [5, 5.41) is 3.63. The number of hydrogen-bond donors (Lipinski definition) is 1. The maximum absolute atomic E-state index is 13.8. The van der Waals surface area contributed by atoms with Crippen LogP contribution in [-0.2, 0) is 35.5 Å². The quantitative estimate of drug-likeness (QED) is 0.231. The Morgan fingerprint density at radius 1 is 0.795 bits per heavy atom.